The number of halogens is 1. The number of ether oxygens (including phenoxy) is 1. The molecule has 0 aliphatic carbocycles. The maximum Gasteiger partial charge on any atom is 0.278 e. The highest BCUT2D eigenvalue weighted by atomic mass is 19.1. The molecule has 1 fully saturated rings. The van der Waals surface area contributed by atoms with Gasteiger partial charge in [-0.25, -0.2) is 9.37 Å². The molecule has 1 aliphatic rings. The van der Waals surface area contributed by atoms with Crippen LogP contribution in [0, 0.1) is 5.82 Å². The van der Waals surface area contributed by atoms with Crippen molar-refractivity contribution in [3.63, 3.8) is 0 Å². The molecule has 6 nitrogen and oxygen atoms in total. The molecule has 0 saturated carbocycles. The van der Waals surface area contributed by atoms with E-state index >= 15 is 0 Å². The monoisotopic (exact) mass is 374 g/mol. The van der Waals surface area contributed by atoms with Crippen molar-refractivity contribution in [3.8, 4) is 5.75 Å². The Morgan fingerprint density at radius 3 is 2.63 bits per heavy atom. The van der Waals surface area contributed by atoms with Gasteiger partial charge >= 0.3 is 0 Å². The first-order chi connectivity index (χ1) is 13.1. The van der Waals surface area contributed by atoms with E-state index in [0.29, 0.717) is 26.2 Å². The number of hydrogen-bond acceptors (Lipinski definition) is 3. The first-order valence-electron chi connectivity index (χ1n) is 9.20. The lowest BCUT2D eigenvalue weighted by Crippen LogP contribution is -3.09. The van der Waals surface area contributed by atoms with E-state index < -0.39 is 0 Å². The van der Waals surface area contributed by atoms with Crippen molar-refractivity contribution in [2.45, 2.75) is 6.54 Å². The van der Waals surface area contributed by atoms with E-state index in [0.717, 1.165) is 29.4 Å². The molecule has 1 aliphatic heterocycles. The molecule has 2 heterocycles. The summed E-state index contributed by atoms with van der Waals surface area (Å²) in [4.78, 5) is 21.0. The van der Waals surface area contributed by atoms with Crippen LogP contribution in [0.3, 0.4) is 0 Å². The largest absolute Gasteiger partial charge is 0.494 e. The van der Waals surface area contributed by atoms with Crippen LogP contribution in [0.5, 0.6) is 5.75 Å². The highest BCUT2D eigenvalue weighted by Crippen LogP contribution is 2.17. The summed E-state index contributed by atoms with van der Waals surface area (Å²) in [7, 11) is 3.40. The lowest BCUT2D eigenvalue weighted by molar-refractivity contribution is -0.885. The number of aromatic nitrogens is 1. The average molecular weight is 374 g/mol. The van der Waals surface area contributed by atoms with Crippen LogP contribution >= 0.6 is 0 Å². The Morgan fingerprint density at radius 1 is 1.22 bits per heavy atom. The number of piperazine rings is 1. The Balaban J connectivity index is 1.48. The second-order valence-electron chi connectivity index (χ2n) is 6.90. The molecule has 1 aromatic heterocycles. The standard InChI is InChI=1S/C20H25FN4O2/c1-23(14-16-6-7-18(27-2)17(21)13-16)15-20(26)25-11-9-24(10-12-25)19-5-3-4-8-22-19/h3-8,13H,9-12,14-15H2,1-2H3/p+2. The van der Waals surface area contributed by atoms with E-state index in [9.17, 15) is 9.18 Å². The summed E-state index contributed by atoms with van der Waals surface area (Å²) >= 11 is 0. The fourth-order valence-electron chi connectivity index (χ4n) is 3.38. The van der Waals surface area contributed by atoms with Crippen LogP contribution in [0.4, 0.5) is 10.2 Å². The molecule has 3 rings (SSSR count). The summed E-state index contributed by atoms with van der Waals surface area (Å²) in [6, 6.07) is 10.9. The summed E-state index contributed by atoms with van der Waals surface area (Å²) in [5, 5.41) is 0. The number of benzene rings is 1. The Bertz CT molecular complexity index is 764. The summed E-state index contributed by atoms with van der Waals surface area (Å²) in [6.07, 6.45) is 1.91. The van der Waals surface area contributed by atoms with Gasteiger partial charge in [0, 0.05) is 11.6 Å². The van der Waals surface area contributed by atoms with Gasteiger partial charge in [-0.05, 0) is 24.3 Å². The number of H-pyrrole nitrogens is 1. The molecule has 2 N–H and O–H groups in total. The number of likely N-dealkylation sites (N-methyl/N-ethyl adjacent to an activating group) is 1. The van der Waals surface area contributed by atoms with Crippen LogP contribution in [-0.2, 0) is 11.3 Å². The number of quaternary nitrogens is 1. The molecule has 0 radical (unpaired) electrons. The van der Waals surface area contributed by atoms with Gasteiger partial charge in [-0.3, -0.25) is 9.69 Å². The number of nitrogens with one attached hydrogen (secondary N) is 2. The second-order valence-corrected chi connectivity index (χ2v) is 6.90. The van der Waals surface area contributed by atoms with Gasteiger partial charge < -0.3 is 14.5 Å². The fourth-order valence-corrected chi connectivity index (χ4v) is 3.38. The highest BCUT2D eigenvalue weighted by Gasteiger charge is 2.27. The van der Waals surface area contributed by atoms with Crippen molar-refractivity contribution < 1.29 is 23.8 Å². The smallest absolute Gasteiger partial charge is 0.278 e. The molecule has 144 valence electrons. The van der Waals surface area contributed by atoms with Gasteiger partial charge in [0.2, 0.25) is 0 Å². The molecular formula is C20H27FN4O2+2. The van der Waals surface area contributed by atoms with Gasteiger partial charge in [0.1, 0.15) is 19.6 Å². The topological polar surface area (TPSA) is 51.4 Å². The zero-order valence-electron chi connectivity index (χ0n) is 15.9. The molecule has 27 heavy (non-hydrogen) atoms. The number of hydrogen-bond donors (Lipinski definition) is 1. The lowest BCUT2D eigenvalue weighted by atomic mass is 10.2. The normalized spacial score (nSPS) is 15.5. The minimum Gasteiger partial charge on any atom is -0.494 e. The SMILES string of the molecule is COc1ccc(C[NH+](C)CC(=O)N2CCN(c3cccc[nH+]3)CC2)cc1F. The molecular weight excluding hydrogens is 347 g/mol. The molecule has 0 spiro atoms. The Hall–Kier alpha value is -2.67. The Labute approximate surface area is 159 Å². The van der Waals surface area contributed by atoms with Crippen molar-refractivity contribution in [2.75, 3.05) is 51.8 Å². The van der Waals surface area contributed by atoms with Crippen LogP contribution < -0.4 is 19.5 Å². The summed E-state index contributed by atoms with van der Waals surface area (Å²) in [5.41, 5.74) is 0.850. The molecule has 1 aromatic carbocycles. The summed E-state index contributed by atoms with van der Waals surface area (Å²) in [6.45, 7) is 4.04. The highest BCUT2D eigenvalue weighted by molar-refractivity contribution is 5.77. The van der Waals surface area contributed by atoms with Gasteiger partial charge in [-0.1, -0.05) is 6.07 Å². The minimum atomic E-state index is -0.372. The molecule has 7 heteroatoms. The molecule has 1 atom stereocenters. The van der Waals surface area contributed by atoms with E-state index in [1.54, 1.807) is 6.07 Å². The quantitative estimate of drug-likeness (QED) is 0.775. The third-order valence-corrected chi connectivity index (χ3v) is 4.84. The predicted molar refractivity (Wildman–Crippen MR) is 100 cm³/mol. The van der Waals surface area contributed by atoms with Crippen molar-refractivity contribution in [1.29, 1.82) is 0 Å². The minimum absolute atomic E-state index is 0.137. The molecule has 0 bridgehead atoms. The van der Waals surface area contributed by atoms with E-state index in [4.69, 9.17) is 4.74 Å². The van der Waals surface area contributed by atoms with E-state index in [1.165, 1.54) is 13.2 Å². The van der Waals surface area contributed by atoms with Crippen molar-refractivity contribution in [1.82, 2.24) is 4.90 Å². The zero-order chi connectivity index (χ0) is 19.2. The van der Waals surface area contributed by atoms with Crippen LogP contribution in [-0.4, -0.2) is 57.7 Å². The number of amides is 1. The number of pyridine rings is 1. The zero-order valence-corrected chi connectivity index (χ0v) is 15.9. The first-order valence-corrected chi connectivity index (χ1v) is 9.20. The molecule has 2 aromatic rings. The van der Waals surface area contributed by atoms with Crippen molar-refractivity contribution in [2.24, 2.45) is 0 Å². The molecule has 1 saturated heterocycles. The summed E-state index contributed by atoms with van der Waals surface area (Å²) < 4.78 is 18.8. The number of nitrogens with zero attached hydrogens (tertiary/aromatic N) is 2. The fraction of sp³-hybridized carbons (Fsp3) is 0.400. The molecule has 1 amide bonds. The van der Waals surface area contributed by atoms with Gasteiger partial charge in [-0.2, -0.15) is 0 Å². The van der Waals surface area contributed by atoms with Crippen LogP contribution in [0.15, 0.2) is 42.6 Å². The number of anilines is 1. The third kappa shape index (κ3) is 4.95. The third-order valence-electron chi connectivity index (χ3n) is 4.84. The second kappa shape index (κ2) is 8.81. The Kier molecular flexibility index (Phi) is 6.24. The maximum absolute atomic E-state index is 13.8. The lowest BCUT2D eigenvalue weighted by Gasteiger charge is -2.31. The maximum atomic E-state index is 13.8. The van der Waals surface area contributed by atoms with E-state index in [-0.39, 0.29) is 17.5 Å². The van der Waals surface area contributed by atoms with E-state index in [2.05, 4.69) is 9.88 Å². The van der Waals surface area contributed by atoms with Gasteiger partial charge in [-0.15, -0.1) is 0 Å². The number of rotatable bonds is 6. The van der Waals surface area contributed by atoms with Gasteiger partial charge in [0.05, 0.1) is 33.4 Å². The number of aromatic amines is 1. The van der Waals surface area contributed by atoms with Crippen LogP contribution in [0.25, 0.3) is 0 Å². The van der Waals surface area contributed by atoms with E-state index in [1.807, 2.05) is 42.4 Å². The van der Waals surface area contributed by atoms with Crippen molar-refractivity contribution in [3.05, 3.63) is 54.0 Å². The number of carbonyl (C=O) groups excluding carboxylic acids is 1. The predicted octanol–water partition coefficient (Wildman–Crippen LogP) is 0.0119. The number of carbonyl (C=O) groups is 1. The van der Waals surface area contributed by atoms with Gasteiger partial charge in [0.15, 0.2) is 18.1 Å². The first kappa shape index (κ1) is 19.1. The van der Waals surface area contributed by atoms with Crippen LogP contribution in [0.2, 0.25) is 0 Å². The van der Waals surface area contributed by atoms with Crippen LogP contribution in [0.1, 0.15) is 5.56 Å². The average Bonchev–Trinajstić information content (AvgIpc) is 2.69. The van der Waals surface area contributed by atoms with Crippen molar-refractivity contribution >= 4 is 11.7 Å². The number of methoxy groups -OCH3 is 1. The molecule has 1 unspecified atom stereocenters. The summed E-state index contributed by atoms with van der Waals surface area (Å²) in [5.74, 6) is 1.08. The Morgan fingerprint density at radius 2 is 2.00 bits per heavy atom. The van der Waals surface area contributed by atoms with Gasteiger partial charge in [0.25, 0.3) is 11.7 Å².